The normalized spacial score (nSPS) is 17.4. The second-order valence-corrected chi connectivity index (χ2v) is 3.83. The molecule has 4 heteroatoms. The third kappa shape index (κ3) is 10.1. The first-order valence-electron chi connectivity index (χ1n) is 5.69. The Bertz CT molecular complexity index is 127. The molecule has 0 spiro atoms. The predicted molar refractivity (Wildman–Crippen MR) is 58.3 cm³/mol. The smallest absolute Gasteiger partial charge is 0.163 e. The van der Waals surface area contributed by atoms with Gasteiger partial charge in [0, 0.05) is 13.0 Å². The summed E-state index contributed by atoms with van der Waals surface area (Å²) in [6, 6.07) is 0. The lowest BCUT2D eigenvalue weighted by molar-refractivity contribution is -0.230. The van der Waals surface area contributed by atoms with Crippen molar-refractivity contribution >= 4 is 0 Å². The van der Waals surface area contributed by atoms with E-state index in [0.29, 0.717) is 13.0 Å². The van der Waals surface area contributed by atoms with E-state index < -0.39 is 18.7 Å². The molecule has 0 amide bonds. The van der Waals surface area contributed by atoms with Crippen LogP contribution in [0.2, 0.25) is 0 Å². The van der Waals surface area contributed by atoms with Crippen LogP contribution in [0.4, 0.5) is 0 Å². The Balaban J connectivity index is 3.69. The van der Waals surface area contributed by atoms with Gasteiger partial charge in [-0.2, -0.15) is 0 Å². The van der Waals surface area contributed by atoms with Crippen molar-refractivity contribution in [3.8, 4) is 0 Å². The summed E-state index contributed by atoms with van der Waals surface area (Å²) in [6.45, 7) is 5.94. The lowest BCUT2D eigenvalue weighted by Crippen LogP contribution is -2.26. The number of aliphatic hydroxyl groups excluding tert-OH is 2. The molecule has 0 aliphatic heterocycles. The van der Waals surface area contributed by atoms with Crippen molar-refractivity contribution in [2.75, 3.05) is 6.61 Å². The van der Waals surface area contributed by atoms with Gasteiger partial charge >= 0.3 is 0 Å². The van der Waals surface area contributed by atoms with Crippen LogP contribution >= 0.6 is 0 Å². The standard InChI is InChI=1S/C11H24O4/c1-4-5-6-7-14-11(8-9(2)12)15-10(3)13/h9-13H,4-8H2,1-3H3. The summed E-state index contributed by atoms with van der Waals surface area (Å²) in [6.07, 6.45) is 1.77. The van der Waals surface area contributed by atoms with E-state index in [2.05, 4.69) is 6.92 Å². The van der Waals surface area contributed by atoms with Crippen molar-refractivity contribution in [1.29, 1.82) is 0 Å². The molecule has 0 aliphatic rings. The van der Waals surface area contributed by atoms with E-state index in [1.54, 1.807) is 6.92 Å². The van der Waals surface area contributed by atoms with Gasteiger partial charge in [0.2, 0.25) is 0 Å². The molecule has 92 valence electrons. The molecule has 2 N–H and O–H groups in total. The molecule has 15 heavy (non-hydrogen) atoms. The second kappa shape index (κ2) is 9.09. The van der Waals surface area contributed by atoms with Gasteiger partial charge in [-0.15, -0.1) is 0 Å². The van der Waals surface area contributed by atoms with Crippen molar-refractivity contribution in [2.24, 2.45) is 0 Å². The summed E-state index contributed by atoms with van der Waals surface area (Å²) in [5, 5.41) is 18.3. The summed E-state index contributed by atoms with van der Waals surface area (Å²) in [7, 11) is 0. The van der Waals surface area contributed by atoms with Gasteiger partial charge in [0.25, 0.3) is 0 Å². The van der Waals surface area contributed by atoms with Gasteiger partial charge in [-0.3, -0.25) is 0 Å². The van der Waals surface area contributed by atoms with E-state index >= 15 is 0 Å². The zero-order valence-electron chi connectivity index (χ0n) is 9.98. The van der Waals surface area contributed by atoms with Crippen LogP contribution in [0.25, 0.3) is 0 Å². The Kier molecular flexibility index (Phi) is 9.00. The molecule has 0 radical (unpaired) electrons. The topological polar surface area (TPSA) is 58.9 Å². The van der Waals surface area contributed by atoms with Crippen LogP contribution in [0.1, 0.15) is 46.5 Å². The summed E-state index contributed by atoms with van der Waals surface area (Å²) >= 11 is 0. The van der Waals surface area contributed by atoms with E-state index in [9.17, 15) is 5.11 Å². The summed E-state index contributed by atoms with van der Waals surface area (Å²) < 4.78 is 10.5. The quantitative estimate of drug-likeness (QED) is 0.458. The molecule has 0 heterocycles. The average Bonchev–Trinajstić information content (AvgIpc) is 2.10. The van der Waals surface area contributed by atoms with Gasteiger partial charge in [0.05, 0.1) is 6.10 Å². The SMILES string of the molecule is CCCCCOC(CC(C)O)OC(C)O. The average molecular weight is 220 g/mol. The highest BCUT2D eigenvalue weighted by molar-refractivity contribution is 4.53. The first-order chi connectivity index (χ1) is 7.06. The molecule has 0 aromatic heterocycles. The van der Waals surface area contributed by atoms with E-state index in [1.807, 2.05) is 0 Å². The minimum Gasteiger partial charge on any atom is -0.393 e. The van der Waals surface area contributed by atoms with E-state index in [-0.39, 0.29) is 0 Å². The highest BCUT2D eigenvalue weighted by Crippen LogP contribution is 2.08. The van der Waals surface area contributed by atoms with Gasteiger partial charge in [-0.05, 0) is 20.3 Å². The lowest BCUT2D eigenvalue weighted by atomic mass is 10.2. The van der Waals surface area contributed by atoms with Crippen LogP contribution in [0.15, 0.2) is 0 Å². The molecule has 0 bridgehead atoms. The lowest BCUT2D eigenvalue weighted by Gasteiger charge is -2.21. The largest absolute Gasteiger partial charge is 0.393 e. The zero-order valence-corrected chi connectivity index (χ0v) is 9.98. The van der Waals surface area contributed by atoms with E-state index in [1.165, 1.54) is 6.92 Å². The summed E-state index contributed by atoms with van der Waals surface area (Å²) in [5.41, 5.74) is 0. The number of hydrogen-bond donors (Lipinski definition) is 2. The molecule has 4 nitrogen and oxygen atoms in total. The molecule has 0 saturated heterocycles. The second-order valence-electron chi connectivity index (χ2n) is 3.83. The minimum absolute atomic E-state index is 0.386. The monoisotopic (exact) mass is 220 g/mol. The third-order valence-corrected chi connectivity index (χ3v) is 1.93. The van der Waals surface area contributed by atoms with Crippen LogP contribution < -0.4 is 0 Å². The molecule has 0 saturated carbocycles. The van der Waals surface area contributed by atoms with Gasteiger partial charge in [0.1, 0.15) is 0 Å². The zero-order chi connectivity index (χ0) is 11.7. The van der Waals surface area contributed by atoms with Crippen LogP contribution in [-0.2, 0) is 9.47 Å². The Morgan fingerprint density at radius 1 is 1.13 bits per heavy atom. The Labute approximate surface area is 92.2 Å². The predicted octanol–water partition coefficient (Wildman–Crippen LogP) is 1.65. The molecule has 0 fully saturated rings. The van der Waals surface area contributed by atoms with Crippen molar-refractivity contribution < 1.29 is 19.7 Å². The Hall–Kier alpha value is -0.160. The molecule has 0 aliphatic carbocycles. The first-order valence-corrected chi connectivity index (χ1v) is 5.69. The van der Waals surface area contributed by atoms with Gasteiger partial charge in [-0.25, -0.2) is 0 Å². The number of aliphatic hydroxyl groups is 2. The van der Waals surface area contributed by atoms with Crippen molar-refractivity contribution in [2.45, 2.75) is 65.1 Å². The van der Waals surface area contributed by atoms with Crippen LogP contribution in [0.3, 0.4) is 0 Å². The fourth-order valence-corrected chi connectivity index (χ4v) is 1.23. The number of hydrogen-bond acceptors (Lipinski definition) is 4. The highest BCUT2D eigenvalue weighted by atomic mass is 16.7. The molecule has 3 atom stereocenters. The first kappa shape index (κ1) is 14.8. The molecule has 0 rings (SSSR count). The maximum absolute atomic E-state index is 9.20. The van der Waals surface area contributed by atoms with Crippen LogP contribution in [0.5, 0.6) is 0 Å². The molecule has 0 aromatic rings. The molecule has 0 aromatic carbocycles. The fourth-order valence-electron chi connectivity index (χ4n) is 1.23. The van der Waals surface area contributed by atoms with Crippen LogP contribution in [0, 0.1) is 0 Å². The molecular formula is C11H24O4. The minimum atomic E-state index is -0.861. The Morgan fingerprint density at radius 3 is 2.27 bits per heavy atom. The number of ether oxygens (including phenoxy) is 2. The van der Waals surface area contributed by atoms with Gasteiger partial charge in [-0.1, -0.05) is 19.8 Å². The molecular weight excluding hydrogens is 196 g/mol. The van der Waals surface area contributed by atoms with Crippen molar-refractivity contribution in [3.63, 3.8) is 0 Å². The number of rotatable bonds is 9. The Morgan fingerprint density at radius 2 is 1.80 bits per heavy atom. The highest BCUT2D eigenvalue weighted by Gasteiger charge is 2.14. The fraction of sp³-hybridized carbons (Fsp3) is 1.00. The van der Waals surface area contributed by atoms with Gasteiger partial charge < -0.3 is 19.7 Å². The van der Waals surface area contributed by atoms with Crippen molar-refractivity contribution in [3.05, 3.63) is 0 Å². The third-order valence-electron chi connectivity index (χ3n) is 1.93. The maximum Gasteiger partial charge on any atom is 0.163 e. The van der Waals surface area contributed by atoms with Gasteiger partial charge in [0.15, 0.2) is 12.6 Å². The molecule has 3 unspecified atom stereocenters. The van der Waals surface area contributed by atoms with Crippen LogP contribution in [-0.4, -0.2) is 35.5 Å². The van der Waals surface area contributed by atoms with E-state index in [0.717, 1.165) is 19.3 Å². The summed E-state index contributed by atoms with van der Waals surface area (Å²) in [5.74, 6) is 0. The van der Waals surface area contributed by atoms with Crippen molar-refractivity contribution in [1.82, 2.24) is 0 Å². The number of unbranched alkanes of at least 4 members (excludes halogenated alkanes) is 2. The van der Waals surface area contributed by atoms with E-state index in [4.69, 9.17) is 14.6 Å². The maximum atomic E-state index is 9.20. The summed E-state index contributed by atoms with van der Waals surface area (Å²) in [4.78, 5) is 0.